The van der Waals surface area contributed by atoms with Crippen molar-refractivity contribution < 1.29 is 9.90 Å². The summed E-state index contributed by atoms with van der Waals surface area (Å²) in [6, 6.07) is 3.22. The van der Waals surface area contributed by atoms with Crippen LogP contribution < -0.4 is 5.73 Å². The molecule has 0 spiro atoms. The number of aryl methyl sites for hydroxylation is 1. The van der Waals surface area contributed by atoms with Gasteiger partial charge in [-0.15, -0.1) is 0 Å². The molecule has 0 saturated heterocycles. The Morgan fingerprint density at radius 3 is 2.72 bits per heavy atom. The highest BCUT2D eigenvalue weighted by Crippen LogP contribution is 2.18. The second-order valence-electron chi connectivity index (χ2n) is 4.32. The molecule has 0 bridgehead atoms. The van der Waals surface area contributed by atoms with Gasteiger partial charge >= 0.3 is 5.97 Å². The molecule has 0 aromatic heterocycles. The van der Waals surface area contributed by atoms with Crippen molar-refractivity contribution in [2.45, 2.75) is 39.5 Å². The van der Waals surface area contributed by atoms with Crippen LogP contribution in [0.4, 0.5) is 5.69 Å². The quantitative estimate of drug-likeness (QED) is 0.486. The van der Waals surface area contributed by atoms with Crippen LogP contribution in [0.1, 0.15) is 54.1 Å². The van der Waals surface area contributed by atoms with E-state index in [-0.39, 0.29) is 5.56 Å². The van der Waals surface area contributed by atoms with Gasteiger partial charge in [-0.25, -0.2) is 4.79 Å². The Kier molecular flexibility index (Phi) is 5.26. The Labute approximate surface area is 108 Å². The molecular weight excluding hydrogens is 226 g/mol. The number of nitrogens with two attached hydrogens (primary N) is 1. The maximum absolute atomic E-state index is 10.9. The van der Waals surface area contributed by atoms with Gasteiger partial charge in [0, 0.05) is 17.7 Å². The van der Waals surface area contributed by atoms with Gasteiger partial charge < -0.3 is 10.8 Å². The van der Waals surface area contributed by atoms with E-state index in [0.29, 0.717) is 16.8 Å². The molecular formula is C15H19NO2. The highest BCUT2D eigenvalue weighted by molar-refractivity contribution is 5.91. The van der Waals surface area contributed by atoms with E-state index in [4.69, 9.17) is 10.8 Å². The summed E-state index contributed by atoms with van der Waals surface area (Å²) in [6.07, 6.45) is 4.31. The number of rotatable bonds is 4. The number of hydrogen-bond donors (Lipinski definition) is 2. The number of benzene rings is 1. The van der Waals surface area contributed by atoms with Gasteiger partial charge in [-0.2, -0.15) is 0 Å². The first-order valence-corrected chi connectivity index (χ1v) is 6.18. The Morgan fingerprint density at radius 2 is 2.11 bits per heavy atom. The van der Waals surface area contributed by atoms with E-state index in [2.05, 4.69) is 18.8 Å². The fourth-order valence-corrected chi connectivity index (χ4v) is 1.68. The predicted octanol–water partition coefficient (Wildman–Crippen LogP) is 3.21. The van der Waals surface area contributed by atoms with Crippen LogP contribution in [-0.2, 0) is 0 Å². The highest BCUT2D eigenvalue weighted by Gasteiger charge is 2.09. The third kappa shape index (κ3) is 3.81. The van der Waals surface area contributed by atoms with E-state index in [1.807, 2.05) is 0 Å². The number of unbranched alkanes of at least 4 members (excludes halogenated alkanes) is 3. The lowest BCUT2D eigenvalue weighted by molar-refractivity contribution is 0.0696. The average molecular weight is 245 g/mol. The van der Waals surface area contributed by atoms with Crippen molar-refractivity contribution >= 4 is 11.7 Å². The zero-order valence-electron chi connectivity index (χ0n) is 10.9. The van der Waals surface area contributed by atoms with E-state index in [1.165, 1.54) is 18.9 Å². The van der Waals surface area contributed by atoms with Crippen LogP contribution in [0.5, 0.6) is 0 Å². The second-order valence-corrected chi connectivity index (χ2v) is 4.32. The second kappa shape index (κ2) is 6.70. The largest absolute Gasteiger partial charge is 0.478 e. The first-order valence-electron chi connectivity index (χ1n) is 6.18. The van der Waals surface area contributed by atoms with Gasteiger partial charge in [-0.1, -0.05) is 31.6 Å². The topological polar surface area (TPSA) is 63.3 Å². The molecule has 0 aliphatic rings. The van der Waals surface area contributed by atoms with Gasteiger partial charge in [-0.3, -0.25) is 0 Å². The Balaban J connectivity index is 2.85. The molecule has 0 unspecified atom stereocenters. The van der Waals surface area contributed by atoms with Crippen LogP contribution in [0.15, 0.2) is 12.1 Å². The third-order valence-corrected chi connectivity index (χ3v) is 2.76. The highest BCUT2D eigenvalue weighted by atomic mass is 16.4. The van der Waals surface area contributed by atoms with Crippen LogP contribution in [0.25, 0.3) is 0 Å². The smallest absolute Gasteiger partial charge is 0.336 e. The van der Waals surface area contributed by atoms with Crippen molar-refractivity contribution in [1.29, 1.82) is 0 Å². The molecule has 18 heavy (non-hydrogen) atoms. The Bertz CT molecular complexity index is 495. The minimum atomic E-state index is -0.957. The third-order valence-electron chi connectivity index (χ3n) is 2.76. The fourth-order valence-electron chi connectivity index (χ4n) is 1.68. The van der Waals surface area contributed by atoms with Crippen molar-refractivity contribution in [3.63, 3.8) is 0 Å². The number of nitrogen functional groups attached to an aromatic ring is 1. The molecule has 0 aliphatic heterocycles. The van der Waals surface area contributed by atoms with E-state index in [1.54, 1.807) is 13.0 Å². The van der Waals surface area contributed by atoms with E-state index in [9.17, 15) is 4.79 Å². The molecule has 3 N–H and O–H groups in total. The summed E-state index contributed by atoms with van der Waals surface area (Å²) in [7, 11) is 0. The molecule has 1 aromatic carbocycles. The summed E-state index contributed by atoms with van der Waals surface area (Å²) < 4.78 is 0. The van der Waals surface area contributed by atoms with Crippen LogP contribution in [0.3, 0.4) is 0 Å². The van der Waals surface area contributed by atoms with Crippen molar-refractivity contribution in [1.82, 2.24) is 0 Å². The summed E-state index contributed by atoms with van der Waals surface area (Å²) in [6.45, 7) is 3.91. The lowest BCUT2D eigenvalue weighted by Gasteiger charge is -2.04. The molecule has 0 radical (unpaired) electrons. The molecule has 0 atom stereocenters. The molecule has 0 saturated carbocycles. The molecule has 1 aromatic rings. The minimum Gasteiger partial charge on any atom is -0.478 e. The fraction of sp³-hybridized carbons (Fsp3) is 0.400. The summed E-state index contributed by atoms with van der Waals surface area (Å²) in [4.78, 5) is 10.9. The van der Waals surface area contributed by atoms with E-state index < -0.39 is 5.97 Å². The lowest BCUT2D eigenvalue weighted by Crippen LogP contribution is -2.02. The zero-order valence-corrected chi connectivity index (χ0v) is 10.9. The van der Waals surface area contributed by atoms with Gasteiger partial charge in [-0.05, 0) is 31.0 Å². The lowest BCUT2D eigenvalue weighted by atomic mass is 10.0. The molecule has 0 heterocycles. The summed E-state index contributed by atoms with van der Waals surface area (Å²) >= 11 is 0. The average Bonchev–Trinajstić information content (AvgIpc) is 2.32. The standard InChI is InChI=1S/C15H19NO2/c1-3-4-5-6-7-8-12-9-11(2)13(15(17)18)10-14(12)16/h9-10H,3-6,16H2,1-2H3,(H,17,18). The summed E-state index contributed by atoms with van der Waals surface area (Å²) in [5.74, 6) is 5.13. The predicted molar refractivity (Wildman–Crippen MR) is 73.6 cm³/mol. The number of aromatic carboxylic acids is 1. The number of hydrogen-bond acceptors (Lipinski definition) is 2. The number of anilines is 1. The number of carboxylic acid groups (broad SMARTS) is 1. The first kappa shape index (κ1) is 14.1. The number of carbonyl (C=O) groups is 1. The molecule has 3 nitrogen and oxygen atoms in total. The summed E-state index contributed by atoms with van der Waals surface area (Å²) in [5.41, 5.74) is 7.88. The van der Waals surface area contributed by atoms with Gasteiger partial charge in [0.2, 0.25) is 0 Å². The number of carboxylic acids is 1. The van der Waals surface area contributed by atoms with Crippen molar-refractivity contribution in [2.75, 3.05) is 5.73 Å². The van der Waals surface area contributed by atoms with Crippen LogP contribution >= 0.6 is 0 Å². The molecule has 0 amide bonds. The molecule has 1 rings (SSSR count). The Morgan fingerprint density at radius 1 is 1.39 bits per heavy atom. The van der Waals surface area contributed by atoms with Crippen molar-refractivity contribution in [3.8, 4) is 11.8 Å². The van der Waals surface area contributed by atoms with Gasteiger partial charge in [0.1, 0.15) is 0 Å². The summed E-state index contributed by atoms with van der Waals surface area (Å²) in [5, 5.41) is 8.96. The maximum atomic E-state index is 10.9. The SMILES string of the molecule is CCCCCC#Cc1cc(C)c(C(=O)O)cc1N. The van der Waals surface area contributed by atoms with Gasteiger partial charge in [0.15, 0.2) is 0 Å². The maximum Gasteiger partial charge on any atom is 0.336 e. The van der Waals surface area contributed by atoms with E-state index >= 15 is 0 Å². The van der Waals surface area contributed by atoms with Crippen LogP contribution in [0.2, 0.25) is 0 Å². The van der Waals surface area contributed by atoms with Crippen LogP contribution in [0, 0.1) is 18.8 Å². The van der Waals surface area contributed by atoms with E-state index in [0.717, 1.165) is 12.8 Å². The molecule has 96 valence electrons. The molecule has 3 heteroatoms. The van der Waals surface area contributed by atoms with Crippen molar-refractivity contribution in [3.05, 3.63) is 28.8 Å². The monoisotopic (exact) mass is 245 g/mol. The minimum absolute atomic E-state index is 0.240. The molecule has 0 aliphatic carbocycles. The molecule has 0 fully saturated rings. The first-order chi connectivity index (χ1) is 8.56. The van der Waals surface area contributed by atoms with Crippen LogP contribution in [-0.4, -0.2) is 11.1 Å². The zero-order chi connectivity index (χ0) is 13.5. The van der Waals surface area contributed by atoms with Gasteiger partial charge in [0.25, 0.3) is 0 Å². The normalized spacial score (nSPS) is 9.67. The van der Waals surface area contributed by atoms with Crippen molar-refractivity contribution in [2.24, 2.45) is 0 Å². The van der Waals surface area contributed by atoms with Gasteiger partial charge in [0.05, 0.1) is 5.56 Å². The Hall–Kier alpha value is -1.95.